The zero-order valence-electron chi connectivity index (χ0n) is 12.3. The van der Waals surface area contributed by atoms with Crippen molar-refractivity contribution in [2.45, 2.75) is 59.5 Å². The highest BCUT2D eigenvalue weighted by molar-refractivity contribution is 5.72. The molecule has 1 aliphatic rings. The monoisotopic (exact) mass is 255 g/mol. The lowest BCUT2D eigenvalue weighted by Gasteiger charge is -2.37. The molecule has 0 aliphatic heterocycles. The molecule has 0 spiro atoms. The zero-order chi connectivity index (χ0) is 13.7. The van der Waals surface area contributed by atoms with Crippen molar-refractivity contribution in [2.75, 3.05) is 6.54 Å². The lowest BCUT2D eigenvalue weighted by atomic mass is 9.75. The molecule has 1 saturated carbocycles. The van der Waals surface area contributed by atoms with E-state index in [1.54, 1.807) is 0 Å². The van der Waals surface area contributed by atoms with E-state index in [-0.39, 0.29) is 18.0 Å². The van der Waals surface area contributed by atoms with Gasteiger partial charge >= 0.3 is 5.97 Å². The first-order valence-electron chi connectivity index (χ1n) is 7.40. The minimum Gasteiger partial charge on any atom is -0.462 e. The average Bonchev–Trinajstić information content (AvgIpc) is 2.30. The second-order valence-electron chi connectivity index (χ2n) is 6.14. The summed E-state index contributed by atoms with van der Waals surface area (Å²) in [4.78, 5) is 12.0. The second kappa shape index (κ2) is 7.13. The molecule has 0 aromatic rings. The van der Waals surface area contributed by atoms with E-state index in [1.165, 1.54) is 12.8 Å². The standard InChI is InChI=1S/C15H29NO2/c1-5-12(9-16)15(17)18-14-8-11(4)6-7-13(14)10(2)3/h10-14H,5-9,16H2,1-4H3. The predicted molar refractivity (Wildman–Crippen MR) is 74.1 cm³/mol. The van der Waals surface area contributed by atoms with Crippen molar-refractivity contribution in [3.8, 4) is 0 Å². The van der Waals surface area contributed by atoms with Crippen LogP contribution in [-0.4, -0.2) is 18.6 Å². The smallest absolute Gasteiger partial charge is 0.310 e. The molecule has 1 aliphatic carbocycles. The largest absolute Gasteiger partial charge is 0.462 e. The third-order valence-electron chi connectivity index (χ3n) is 4.34. The van der Waals surface area contributed by atoms with Gasteiger partial charge in [-0.1, -0.05) is 34.1 Å². The molecule has 4 atom stereocenters. The maximum absolute atomic E-state index is 12.0. The molecule has 18 heavy (non-hydrogen) atoms. The van der Waals surface area contributed by atoms with Crippen LogP contribution in [0.4, 0.5) is 0 Å². The molecule has 2 N–H and O–H groups in total. The van der Waals surface area contributed by atoms with Gasteiger partial charge in [-0.25, -0.2) is 0 Å². The molecule has 0 aromatic carbocycles. The Bertz CT molecular complexity index is 261. The fourth-order valence-corrected chi connectivity index (χ4v) is 2.93. The van der Waals surface area contributed by atoms with Crippen molar-refractivity contribution >= 4 is 5.97 Å². The van der Waals surface area contributed by atoms with E-state index >= 15 is 0 Å². The lowest BCUT2D eigenvalue weighted by Crippen LogP contribution is -2.38. The molecular weight excluding hydrogens is 226 g/mol. The third-order valence-corrected chi connectivity index (χ3v) is 4.34. The first-order valence-corrected chi connectivity index (χ1v) is 7.40. The van der Waals surface area contributed by atoms with Crippen LogP contribution < -0.4 is 5.73 Å². The summed E-state index contributed by atoms with van der Waals surface area (Å²) in [5.74, 6) is 1.53. The summed E-state index contributed by atoms with van der Waals surface area (Å²) < 4.78 is 5.76. The van der Waals surface area contributed by atoms with E-state index < -0.39 is 0 Å². The summed E-state index contributed by atoms with van der Waals surface area (Å²) in [5.41, 5.74) is 5.61. The Morgan fingerprint density at radius 2 is 2.06 bits per heavy atom. The third kappa shape index (κ3) is 3.98. The van der Waals surface area contributed by atoms with Gasteiger partial charge in [0.2, 0.25) is 0 Å². The fourth-order valence-electron chi connectivity index (χ4n) is 2.93. The van der Waals surface area contributed by atoms with Gasteiger partial charge in [-0.2, -0.15) is 0 Å². The average molecular weight is 255 g/mol. The van der Waals surface area contributed by atoms with Gasteiger partial charge in [-0.3, -0.25) is 4.79 Å². The topological polar surface area (TPSA) is 52.3 Å². The molecule has 3 heteroatoms. The van der Waals surface area contributed by atoms with E-state index in [9.17, 15) is 4.79 Å². The van der Waals surface area contributed by atoms with E-state index in [2.05, 4.69) is 20.8 Å². The van der Waals surface area contributed by atoms with Crippen LogP contribution in [-0.2, 0) is 9.53 Å². The van der Waals surface area contributed by atoms with Crippen molar-refractivity contribution < 1.29 is 9.53 Å². The zero-order valence-corrected chi connectivity index (χ0v) is 12.3. The quantitative estimate of drug-likeness (QED) is 0.768. The number of hydrogen-bond donors (Lipinski definition) is 1. The first kappa shape index (κ1) is 15.5. The summed E-state index contributed by atoms with van der Waals surface area (Å²) in [7, 11) is 0. The molecule has 0 radical (unpaired) electrons. The van der Waals surface area contributed by atoms with Crippen molar-refractivity contribution in [3.05, 3.63) is 0 Å². The summed E-state index contributed by atoms with van der Waals surface area (Å²) in [5, 5.41) is 0. The van der Waals surface area contributed by atoms with Crippen LogP contribution in [0.5, 0.6) is 0 Å². The van der Waals surface area contributed by atoms with Crippen LogP contribution in [0.1, 0.15) is 53.4 Å². The number of carbonyl (C=O) groups excluding carboxylic acids is 1. The maximum atomic E-state index is 12.0. The van der Waals surface area contributed by atoms with Crippen LogP contribution in [0.3, 0.4) is 0 Å². The van der Waals surface area contributed by atoms with Gasteiger partial charge in [0.1, 0.15) is 6.10 Å². The van der Waals surface area contributed by atoms with Gasteiger partial charge in [0.15, 0.2) is 0 Å². The molecule has 4 unspecified atom stereocenters. The number of carbonyl (C=O) groups is 1. The van der Waals surface area contributed by atoms with Gasteiger partial charge in [-0.15, -0.1) is 0 Å². The van der Waals surface area contributed by atoms with E-state index in [1.807, 2.05) is 6.92 Å². The van der Waals surface area contributed by atoms with Gasteiger partial charge in [0.25, 0.3) is 0 Å². The predicted octanol–water partition coefficient (Wildman–Crippen LogP) is 2.98. The summed E-state index contributed by atoms with van der Waals surface area (Å²) in [6.07, 6.45) is 4.31. The van der Waals surface area contributed by atoms with E-state index in [0.29, 0.717) is 24.3 Å². The van der Waals surface area contributed by atoms with Gasteiger partial charge in [0, 0.05) is 6.54 Å². The van der Waals surface area contributed by atoms with Crippen molar-refractivity contribution in [2.24, 2.45) is 29.4 Å². The molecular formula is C15H29NO2. The maximum Gasteiger partial charge on any atom is 0.310 e. The number of nitrogens with two attached hydrogens (primary N) is 1. The Labute approximate surface area is 111 Å². The van der Waals surface area contributed by atoms with Crippen LogP contribution in [0.25, 0.3) is 0 Å². The number of rotatable bonds is 5. The Hall–Kier alpha value is -0.570. The number of hydrogen-bond acceptors (Lipinski definition) is 3. The SMILES string of the molecule is CCC(CN)C(=O)OC1CC(C)CCC1C(C)C. The van der Waals surface area contributed by atoms with Crippen LogP contribution >= 0.6 is 0 Å². The molecule has 106 valence electrons. The van der Waals surface area contributed by atoms with Gasteiger partial charge in [-0.05, 0) is 37.0 Å². The van der Waals surface area contributed by atoms with Crippen molar-refractivity contribution in [1.82, 2.24) is 0 Å². The van der Waals surface area contributed by atoms with Crippen LogP contribution in [0.15, 0.2) is 0 Å². The van der Waals surface area contributed by atoms with Crippen molar-refractivity contribution in [1.29, 1.82) is 0 Å². The highest BCUT2D eigenvalue weighted by Gasteiger charge is 2.34. The Kier molecular flexibility index (Phi) is 6.13. The van der Waals surface area contributed by atoms with Gasteiger partial charge < -0.3 is 10.5 Å². The molecule has 1 rings (SSSR count). The lowest BCUT2D eigenvalue weighted by molar-refractivity contribution is -0.160. The molecule has 0 heterocycles. The molecule has 3 nitrogen and oxygen atoms in total. The number of ether oxygens (including phenoxy) is 1. The van der Waals surface area contributed by atoms with E-state index in [0.717, 1.165) is 12.8 Å². The van der Waals surface area contributed by atoms with E-state index in [4.69, 9.17) is 10.5 Å². The van der Waals surface area contributed by atoms with Crippen molar-refractivity contribution in [3.63, 3.8) is 0 Å². The Morgan fingerprint density at radius 1 is 1.39 bits per heavy atom. The molecule has 0 aromatic heterocycles. The summed E-state index contributed by atoms with van der Waals surface area (Å²) in [6.45, 7) is 9.08. The molecule has 0 bridgehead atoms. The summed E-state index contributed by atoms with van der Waals surface area (Å²) in [6, 6.07) is 0. The minimum absolute atomic E-state index is 0.0928. The highest BCUT2D eigenvalue weighted by atomic mass is 16.5. The fraction of sp³-hybridized carbons (Fsp3) is 0.933. The normalized spacial score (nSPS) is 30.2. The van der Waals surface area contributed by atoms with Crippen LogP contribution in [0, 0.1) is 23.7 Å². The minimum atomic E-state index is -0.130. The molecule has 1 fully saturated rings. The molecule has 0 saturated heterocycles. The van der Waals surface area contributed by atoms with Gasteiger partial charge in [0.05, 0.1) is 5.92 Å². The number of esters is 1. The second-order valence-corrected chi connectivity index (χ2v) is 6.14. The Morgan fingerprint density at radius 3 is 2.56 bits per heavy atom. The highest BCUT2D eigenvalue weighted by Crippen LogP contribution is 2.35. The molecule has 0 amide bonds. The summed E-state index contributed by atoms with van der Waals surface area (Å²) >= 11 is 0. The Balaban J connectivity index is 2.63. The first-order chi connectivity index (χ1) is 8.49. The van der Waals surface area contributed by atoms with Crippen LogP contribution in [0.2, 0.25) is 0 Å².